The molecule has 0 bridgehead atoms. The number of carbonyl (C=O) groups is 1. The standard InChI is InChI=1S/C19H15NO2S/c21-17(19-11-6-14-23-19)12-13-20-16-9-4-5-10-18(16)22-15-7-2-1-3-8-15/h1-14,20H/b13-12-. The minimum atomic E-state index is -0.0195. The summed E-state index contributed by atoms with van der Waals surface area (Å²) >= 11 is 1.43. The molecule has 1 aromatic heterocycles. The van der Waals surface area contributed by atoms with Gasteiger partial charge in [-0.05, 0) is 35.7 Å². The highest BCUT2D eigenvalue weighted by molar-refractivity contribution is 7.12. The number of allylic oxidation sites excluding steroid dienone is 1. The van der Waals surface area contributed by atoms with Crippen molar-refractivity contribution in [3.05, 3.63) is 89.3 Å². The zero-order valence-electron chi connectivity index (χ0n) is 12.3. The van der Waals surface area contributed by atoms with Crippen molar-refractivity contribution in [1.82, 2.24) is 0 Å². The maximum absolute atomic E-state index is 11.9. The Hall–Kier alpha value is -2.85. The minimum Gasteiger partial charge on any atom is -0.455 e. The van der Waals surface area contributed by atoms with Gasteiger partial charge in [0.25, 0.3) is 0 Å². The average molecular weight is 321 g/mol. The van der Waals surface area contributed by atoms with Gasteiger partial charge in [-0.2, -0.15) is 0 Å². The van der Waals surface area contributed by atoms with Crippen LogP contribution in [0.4, 0.5) is 5.69 Å². The Morgan fingerprint density at radius 2 is 1.74 bits per heavy atom. The van der Waals surface area contributed by atoms with Crippen LogP contribution in [0.5, 0.6) is 11.5 Å². The quantitative estimate of drug-likeness (QED) is 0.491. The van der Waals surface area contributed by atoms with Gasteiger partial charge >= 0.3 is 0 Å². The molecular formula is C19H15NO2S. The fourth-order valence-electron chi connectivity index (χ4n) is 2.00. The smallest absolute Gasteiger partial charge is 0.197 e. The first-order chi connectivity index (χ1) is 11.3. The molecule has 0 spiro atoms. The van der Waals surface area contributed by atoms with Crippen molar-refractivity contribution in [2.24, 2.45) is 0 Å². The van der Waals surface area contributed by atoms with E-state index >= 15 is 0 Å². The Morgan fingerprint density at radius 1 is 0.957 bits per heavy atom. The second-order valence-corrected chi connectivity index (χ2v) is 5.68. The van der Waals surface area contributed by atoms with Crippen LogP contribution in [-0.2, 0) is 0 Å². The Labute approximate surface area is 138 Å². The topological polar surface area (TPSA) is 38.3 Å². The highest BCUT2D eigenvalue weighted by atomic mass is 32.1. The predicted octanol–water partition coefficient (Wildman–Crippen LogP) is 5.35. The van der Waals surface area contributed by atoms with Crippen molar-refractivity contribution < 1.29 is 9.53 Å². The largest absolute Gasteiger partial charge is 0.455 e. The molecule has 0 amide bonds. The molecule has 0 aliphatic carbocycles. The number of anilines is 1. The maximum Gasteiger partial charge on any atom is 0.197 e. The van der Waals surface area contributed by atoms with Gasteiger partial charge in [0, 0.05) is 12.3 Å². The number of rotatable bonds is 6. The lowest BCUT2D eigenvalue weighted by Crippen LogP contribution is -1.95. The van der Waals surface area contributed by atoms with Crippen molar-refractivity contribution in [1.29, 1.82) is 0 Å². The molecular weight excluding hydrogens is 306 g/mol. The van der Waals surface area contributed by atoms with Crippen molar-refractivity contribution >= 4 is 22.8 Å². The van der Waals surface area contributed by atoms with E-state index in [4.69, 9.17) is 4.74 Å². The molecule has 1 N–H and O–H groups in total. The zero-order valence-corrected chi connectivity index (χ0v) is 13.1. The van der Waals surface area contributed by atoms with E-state index in [9.17, 15) is 4.79 Å². The van der Waals surface area contributed by atoms with E-state index in [0.29, 0.717) is 5.75 Å². The molecule has 0 aliphatic heterocycles. The molecule has 0 saturated heterocycles. The van der Waals surface area contributed by atoms with Gasteiger partial charge in [0.1, 0.15) is 5.75 Å². The van der Waals surface area contributed by atoms with Crippen molar-refractivity contribution in [3.8, 4) is 11.5 Å². The van der Waals surface area contributed by atoms with Gasteiger partial charge in [0.2, 0.25) is 0 Å². The van der Waals surface area contributed by atoms with Gasteiger partial charge < -0.3 is 10.1 Å². The first-order valence-corrected chi connectivity index (χ1v) is 8.04. The monoisotopic (exact) mass is 321 g/mol. The molecule has 3 aromatic rings. The van der Waals surface area contributed by atoms with Crippen LogP contribution in [-0.4, -0.2) is 5.78 Å². The van der Waals surface area contributed by atoms with Crippen LogP contribution in [0, 0.1) is 0 Å². The predicted molar refractivity (Wildman–Crippen MR) is 94.4 cm³/mol. The van der Waals surface area contributed by atoms with E-state index in [2.05, 4.69) is 5.32 Å². The van der Waals surface area contributed by atoms with E-state index in [1.165, 1.54) is 17.4 Å². The summed E-state index contributed by atoms with van der Waals surface area (Å²) in [5.41, 5.74) is 0.798. The fourth-order valence-corrected chi connectivity index (χ4v) is 2.64. The van der Waals surface area contributed by atoms with Crippen molar-refractivity contribution in [2.75, 3.05) is 5.32 Å². The minimum absolute atomic E-state index is 0.0195. The number of thiophene rings is 1. The number of ketones is 1. The van der Waals surface area contributed by atoms with E-state index in [1.807, 2.05) is 72.1 Å². The third-order valence-corrected chi connectivity index (χ3v) is 3.98. The number of para-hydroxylation sites is 3. The Morgan fingerprint density at radius 3 is 2.52 bits per heavy atom. The molecule has 0 radical (unpaired) electrons. The van der Waals surface area contributed by atoms with Crippen LogP contribution < -0.4 is 10.1 Å². The summed E-state index contributed by atoms with van der Waals surface area (Å²) in [5.74, 6) is 1.45. The van der Waals surface area contributed by atoms with Crippen LogP contribution in [0.25, 0.3) is 0 Å². The lowest BCUT2D eigenvalue weighted by molar-refractivity contribution is 0.105. The number of hydrogen-bond donors (Lipinski definition) is 1. The molecule has 0 saturated carbocycles. The summed E-state index contributed by atoms with van der Waals surface area (Å²) in [4.78, 5) is 12.6. The average Bonchev–Trinajstić information content (AvgIpc) is 3.12. The van der Waals surface area contributed by atoms with Crippen LogP contribution in [0.2, 0.25) is 0 Å². The molecule has 4 heteroatoms. The third kappa shape index (κ3) is 4.08. The number of hydrogen-bond acceptors (Lipinski definition) is 4. The summed E-state index contributed by atoms with van der Waals surface area (Å²) in [6.07, 6.45) is 3.15. The number of ether oxygens (including phenoxy) is 1. The number of carbonyl (C=O) groups excluding carboxylic acids is 1. The van der Waals surface area contributed by atoms with Crippen molar-refractivity contribution in [3.63, 3.8) is 0 Å². The SMILES string of the molecule is O=C(/C=C\Nc1ccccc1Oc1ccccc1)c1cccs1. The molecule has 3 rings (SSSR count). The Bertz CT molecular complexity index is 795. The van der Waals surface area contributed by atoms with Gasteiger partial charge in [-0.25, -0.2) is 0 Å². The lowest BCUT2D eigenvalue weighted by atomic mass is 10.2. The summed E-state index contributed by atoms with van der Waals surface area (Å²) in [6, 6.07) is 20.8. The second kappa shape index (κ2) is 7.42. The number of nitrogens with one attached hydrogen (secondary N) is 1. The molecule has 3 nitrogen and oxygen atoms in total. The summed E-state index contributed by atoms with van der Waals surface area (Å²) in [6.45, 7) is 0. The second-order valence-electron chi connectivity index (χ2n) is 4.73. The van der Waals surface area contributed by atoms with Gasteiger partial charge in [-0.1, -0.05) is 36.4 Å². The van der Waals surface area contributed by atoms with Gasteiger partial charge in [0.05, 0.1) is 10.6 Å². The highest BCUT2D eigenvalue weighted by Crippen LogP contribution is 2.29. The van der Waals surface area contributed by atoms with E-state index < -0.39 is 0 Å². The molecule has 0 atom stereocenters. The van der Waals surface area contributed by atoms with E-state index in [0.717, 1.165) is 16.3 Å². The third-order valence-electron chi connectivity index (χ3n) is 3.10. The Kier molecular flexibility index (Phi) is 4.86. The van der Waals surface area contributed by atoms with Crippen LogP contribution in [0.15, 0.2) is 84.4 Å². The van der Waals surface area contributed by atoms with Crippen LogP contribution >= 0.6 is 11.3 Å². The summed E-state index contributed by atoms with van der Waals surface area (Å²) < 4.78 is 5.86. The lowest BCUT2D eigenvalue weighted by Gasteiger charge is -2.10. The van der Waals surface area contributed by atoms with Gasteiger partial charge in [-0.3, -0.25) is 4.79 Å². The van der Waals surface area contributed by atoms with Crippen molar-refractivity contribution in [2.45, 2.75) is 0 Å². The van der Waals surface area contributed by atoms with Crippen LogP contribution in [0.1, 0.15) is 9.67 Å². The fraction of sp³-hybridized carbons (Fsp3) is 0. The molecule has 23 heavy (non-hydrogen) atoms. The molecule has 1 heterocycles. The van der Waals surface area contributed by atoms with E-state index in [1.54, 1.807) is 6.20 Å². The number of benzene rings is 2. The zero-order chi connectivity index (χ0) is 15.9. The maximum atomic E-state index is 11.9. The molecule has 0 unspecified atom stereocenters. The molecule has 2 aromatic carbocycles. The van der Waals surface area contributed by atoms with Gasteiger partial charge in [-0.15, -0.1) is 11.3 Å². The highest BCUT2D eigenvalue weighted by Gasteiger charge is 2.04. The normalized spacial score (nSPS) is 10.6. The molecule has 0 fully saturated rings. The molecule has 0 aliphatic rings. The summed E-state index contributed by atoms with van der Waals surface area (Å²) in [7, 11) is 0. The summed E-state index contributed by atoms with van der Waals surface area (Å²) in [5, 5.41) is 4.99. The first kappa shape index (κ1) is 15.1. The van der Waals surface area contributed by atoms with E-state index in [-0.39, 0.29) is 5.78 Å². The molecule has 114 valence electrons. The Balaban J connectivity index is 1.70. The first-order valence-electron chi connectivity index (χ1n) is 7.16. The van der Waals surface area contributed by atoms with Crippen LogP contribution in [0.3, 0.4) is 0 Å². The van der Waals surface area contributed by atoms with Gasteiger partial charge in [0.15, 0.2) is 11.5 Å².